The summed E-state index contributed by atoms with van der Waals surface area (Å²) >= 11 is 2.60. The van der Waals surface area contributed by atoms with Gasteiger partial charge in [0.25, 0.3) is 0 Å². The number of nitrogens with zero attached hydrogens (tertiary/aromatic N) is 2. The largest absolute Gasteiger partial charge is 0.508 e. The van der Waals surface area contributed by atoms with Crippen LogP contribution in [0.1, 0.15) is 132 Å². The van der Waals surface area contributed by atoms with Crippen molar-refractivity contribution >= 4 is 103 Å². The van der Waals surface area contributed by atoms with Crippen molar-refractivity contribution in [3.63, 3.8) is 0 Å². The molecule has 4 aromatic rings. The molecule has 27 heteroatoms. The Morgan fingerprint density at radius 2 is 1.11 bits per heavy atom. The fraction of sp³-hybridized carbons (Fsp3) is 0.516. The molecular formula is C62H81N11O14S2. The van der Waals surface area contributed by atoms with Crippen molar-refractivity contribution in [1.29, 1.82) is 0 Å². The first kappa shape index (κ1) is 69.6. The van der Waals surface area contributed by atoms with E-state index >= 15 is 0 Å². The molecule has 0 saturated carbocycles. The molecule has 2 aliphatic rings. The van der Waals surface area contributed by atoms with Gasteiger partial charge in [0.2, 0.25) is 41.4 Å². The predicted octanol–water partition coefficient (Wildman–Crippen LogP) is 3.05. The van der Waals surface area contributed by atoms with Gasteiger partial charge in [0.05, 0.1) is 36.8 Å². The van der Waals surface area contributed by atoms with E-state index in [0.717, 1.165) is 4.88 Å². The van der Waals surface area contributed by atoms with E-state index in [1.54, 1.807) is 43.6 Å². The number of amides is 7. The van der Waals surface area contributed by atoms with E-state index in [1.807, 2.05) is 0 Å². The normalized spacial score (nSPS) is 23.5. The highest BCUT2D eigenvalue weighted by molar-refractivity contribution is 7.15. The summed E-state index contributed by atoms with van der Waals surface area (Å²) in [5.41, 5.74) is 2.08. The van der Waals surface area contributed by atoms with Gasteiger partial charge in [0.15, 0.2) is 39.2 Å². The van der Waals surface area contributed by atoms with E-state index in [4.69, 9.17) is 0 Å². The molecule has 480 valence electrons. The van der Waals surface area contributed by atoms with Crippen molar-refractivity contribution in [2.45, 2.75) is 162 Å². The zero-order chi connectivity index (χ0) is 65.2. The molecule has 2 aliphatic heterocycles. The zero-order valence-electron chi connectivity index (χ0n) is 51.3. The van der Waals surface area contributed by atoms with Crippen molar-refractivity contribution in [1.82, 2.24) is 47.2 Å². The summed E-state index contributed by atoms with van der Waals surface area (Å²) in [6.45, 7) is 12.5. The molecule has 0 fully saturated rings. The van der Waals surface area contributed by atoms with Crippen LogP contribution < -0.4 is 47.9 Å². The summed E-state index contributed by atoms with van der Waals surface area (Å²) in [7, 11) is 0. The number of benzene rings is 2. The standard InChI is InChI=1S/C62H81N11O14S2/c1-31-18-50(77)36(6)70-58(85)33(3)20-52(79)45(24-39-10-12-48(75)41(22-39)26-43-28-65-61(88-43)64-17-9-16-63-56(31)83)72-54(81)15-14-47(74)35(5)69-57(84)34(4)21-53(80)46-25-40-11-13-49(76)42(23-40)27-44-29-66-62(89-44)67-30-55(82)68-38(8)60(87)71-37(7)51(78)19-32(2)59(86)73-46/h10-13,22-23,28-29,31-38,45-46,75-76H,9,14-21,24-27,30H2,1-8H3,(H,63,83)(H,64,65)(H,66,67)(H,68,82)(H,69,84)(H,70,85)(H,71,87)(H,72,81)(H,73,86)/t31-,32-,33-,34-,35+,36+,37+,38+,45+,46+/m1/s1. The highest BCUT2D eigenvalue weighted by Gasteiger charge is 2.33. The number of aromatic hydroxyl groups is 2. The Bertz CT molecular complexity index is 3290. The van der Waals surface area contributed by atoms with Crippen molar-refractivity contribution in [3.05, 3.63) is 80.8 Å². The molecule has 11 N–H and O–H groups in total. The van der Waals surface area contributed by atoms with Crippen LogP contribution in [0, 0.1) is 23.7 Å². The highest BCUT2D eigenvalue weighted by atomic mass is 32.1. The quantitative estimate of drug-likeness (QED) is 0.109. The SMILES string of the molecule is C[C@@H]1CC(=O)[C@H](C)NC(=O)[C@H](C)CC(=O)[C@@H](NC(=O)CCC(=O)[C@H](C)NC(=O)[C@H](C)CC(=O)[C@@H]2Cc3ccc(O)c(c3)Cc3cnc(s3)NCC(=O)N[C@@H](C)C(=O)N[C@@H](C)C(=O)C[C@@H](C)C(=O)N2)Cc2ccc(O)c(c2)Cc2cnc(s2)NCCCNC1=O. The third-order valence-corrected chi connectivity index (χ3v) is 17.4. The third-order valence-electron chi connectivity index (χ3n) is 15.5. The minimum Gasteiger partial charge on any atom is -0.508 e. The lowest BCUT2D eigenvalue weighted by molar-refractivity contribution is -0.135. The molecule has 6 rings (SSSR count). The van der Waals surface area contributed by atoms with Crippen LogP contribution in [0.4, 0.5) is 10.3 Å². The van der Waals surface area contributed by atoms with Crippen molar-refractivity contribution in [2.75, 3.05) is 30.3 Å². The Kier molecular flexibility index (Phi) is 25.6. The van der Waals surface area contributed by atoms with Gasteiger partial charge in [-0.1, -0.05) is 52.0 Å². The number of anilines is 2. The number of hydrogen-bond acceptors (Lipinski definition) is 20. The molecule has 89 heavy (non-hydrogen) atoms. The molecule has 2 aromatic carbocycles. The van der Waals surface area contributed by atoms with Crippen molar-refractivity contribution < 1.29 is 67.7 Å². The number of phenolic OH excluding ortho intramolecular Hbond substituents is 2. The number of carbonyl (C=O) groups excluding carboxylic acids is 12. The van der Waals surface area contributed by atoms with E-state index in [2.05, 4.69) is 57.8 Å². The molecule has 2 aromatic heterocycles. The van der Waals surface area contributed by atoms with Crippen molar-refractivity contribution in [3.8, 4) is 11.5 Å². The molecule has 0 radical (unpaired) electrons. The Morgan fingerprint density at radius 3 is 1.71 bits per heavy atom. The molecule has 0 saturated heterocycles. The van der Waals surface area contributed by atoms with Crippen LogP contribution in [-0.2, 0) is 83.2 Å². The summed E-state index contributed by atoms with van der Waals surface area (Å²) in [5.74, 6) is -10.4. The summed E-state index contributed by atoms with van der Waals surface area (Å²) in [6, 6.07) is 2.84. The average molecular weight is 1270 g/mol. The Morgan fingerprint density at radius 1 is 0.596 bits per heavy atom. The number of Topliss-reactive ketones (excluding diaryl/α,β-unsaturated/α-hetero) is 5. The maximum atomic E-state index is 14.3. The maximum absolute atomic E-state index is 14.3. The fourth-order valence-corrected chi connectivity index (χ4v) is 11.5. The van der Waals surface area contributed by atoms with E-state index in [9.17, 15) is 67.7 Å². The Hall–Kier alpha value is -8.46. The molecule has 4 heterocycles. The second kappa shape index (κ2) is 32.7. The number of fused-ring (bicyclic) bond motifs is 8. The number of rotatable bonds is 10. The molecule has 25 nitrogen and oxygen atoms in total. The van der Waals surface area contributed by atoms with Gasteiger partial charge in [-0.3, -0.25) is 57.5 Å². The topological polar surface area (TPSA) is 379 Å². The van der Waals surface area contributed by atoms with E-state index in [0.29, 0.717) is 56.9 Å². The van der Waals surface area contributed by atoms with Gasteiger partial charge in [-0.05, 0) is 81.3 Å². The highest BCUT2D eigenvalue weighted by Crippen LogP contribution is 2.29. The minimum atomic E-state index is -1.24. The molecule has 0 unspecified atom stereocenters. The average Bonchev–Trinajstić information content (AvgIpc) is 2.49. The first-order valence-corrected chi connectivity index (χ1v) is 31.5. The van der Waals surface area contributed by atoms with E-state index in [-0.39, 0.29) is 81.1 Å². The Labute approximate surface area is 524 Å². The monoisotopic (exact) mass is 1270 g/mol. The predicted molar refractivity (Wildman–Crippen MR) is 332 cm³/mol. The van der Waals surface area contributed by atoms with Gasteiger partial charge < -0.3 is 58.1 Å². The second-order valence-electron chi connectivity index (χ2n) is 23.3. The molecule has 8 bridgehead atoms. The first-order chi connectivity index (χ1) is 42.1. The van der Waals surface area contributed by atoms with Gasteiger partial charge in [0, 0.05) is 110 Å². The second-order valence-corrected chi connectivity index (χ2v) is 25.5. The lowest BCUT2D eigenvalue weighted by atomic mass is 9.92. The summed E-state index contributed by atoms with van der Waals surface area (Å²) < 4.78 is 0. The molecule has 7 amide bonds. The number of thiazole rings is 2. The number of phenols is 2. The maximum Gasteiger partial charge on any atom is 0.242 e. The van der Waals surface area contributed by atoms with Gasteiger partial charge in [0.1, 0.15) is 17.5 Å². The lowest BCUT2D eigenvalue weighted by Crippen LogP contribution is -2.51. The minimum absolute atomic E-state index is 0.0130. The first-order valence-electron chi connectivity index (χ1n) is 29.8. The smallest absolute Gasteiger partial charge is 0.242 e. The Balaban J connectivity index is 1.11. The van der Waals surface area contributed by atoms with E-state index < -0.39 is 131 Å². The van der Waals surface area contributed by atoms with Crippen molar-refractivity contribution in [2.24, 2.45) is 23.7 Å². The van der Waals surface area contributed by atoms with Crippen LogP contribution in [0.3, 0.4) is 0 Å². The number of nitrogens with one attached hydrogen (secondary N) is 9. The fourth-order valence-electron chi connectivity index (χ4n) is 9.82. The molecule has 0 aliphatic carbocycles. The number of ketones is 5. The van der Waals surface area contributed by atoms with Crippen LogP contribution in [-0.4, -0.2) is 146 Å². The number of carbonyl (C=O) groups is 12. The summed E-state index contributed by atoms with van der Waals surface area (Å²) in [6.07, 6.45) is 2.12. The van der Waals surface area contributed by atoms with Gasteiger partial charge in [-0.15, -0.1) is 22.7 Å². The van der Waals surface area contributed by atoms with Gasteiger partial charge >= 0.3 is 0 Å². The van der Waals surface area contributed by atoms with Gasteiger partial charge in [-0.25, -0.2) is 9.97 Å². The zero-order valence-corrected chi connectivity index (χ0v) is 52.9. The molecule has 10 atom stereocenters. The van der Waals surface area contributed by atoms with Crippen LogP contribution in [0.15, 0.2) is 48.8 Å². The number of hydrogen-bond donors (Lipinski definition) is 11. The van der Waals surface area contributed by atoms with Crippen LogP contribution >= 0.6 is 22.7 Å². The van der Waals surface area contributed by atoms with Gasteiger partial charge in [-0.2, -0.15) is 0 Å². The number of aromatic nitrogens is 2. The lowest BCUT2D eigenvalue weighted by Gasteiger charge is -2.23. The van der Waals surface area contributed by atoms with E-state index in [1.165, 1.54) is 83.3 Å². The molecular weight excluding hydrogens is 1190 g/mol. The third kappa shape index (κ3) is 21.4. The van der Waals surface area contributed by atoms with Crippen LogP contribution in [0.25, 0.3) is 0 Å². The van der Waals surface area contributed by atoms with Crippen LogP contribution in [0.5, 0.6) is 11.5 Å². The van der Waals surface area contributed by atoms with Crippen LogP contribution in [0.2, 0.25) is 0 Å². The summed E-state index contributed by atoms with van der Waals surface area (Å²) in [4.78, 5) is 172. The molecule has 0 spiro atoms. The summed E-state index contributed by atoms with van der Waals surface area (Å²) in [5, 5.41) is 47.6.